The Hall–Kier alpha value is -2.32. The highest BCUT2D eigenvalue weighted by atomic mass is 16.5. The first-order valence-corrected chi connectivity index (χ1v) is 7.62. The van der Waals surface area contributed by atoms with Crippen LogP contribution in [0.4, 0.5) is 0 Å². The van der Waals surface area contributed by atoms with Crippen molar-refractivity contribution in [3.05, 3.63) is 40.2 Å². The first kappa shape index (κ1) is 13.4. The molecule has 1 aromatic heterocycles. The molecular weight excluding hydrogens is 280 g/mol. The summed E-state index contributed by atoms with van der Waals surface area (Å²) in [6, 6.07) is 9.96. The number of nitrogens with one attached hydrogen (secondary N) is 1. The standard InChI is InChI=1S/C17H16N2O3/c18-9-11-5-10-1-4-14(8-16(10)22-17(11)20)21-15-6-12-2-3-13(7-15)19-12/h1,4-5,8,12-13,15,19H,2-3,6-7H2. The minimum absolute atomic E-state index is 0.0242. The van der Waals surface area contributed by atoms with E-state index >= 15 is 0 Å². The fourth-order valence-corrected chi connectivity index (χ4v) is 3.54. The Labute approximate surface area is 127 Å². The van der Waals surface area contributed by atoms with Crippen molar-refractivity contribution < 1.29 is 9.15 Å². The lowest BCUT2D eigenvalue weighted by Gasteiger charge is -2.29. The average molecular weight is 296 g/mol. The zero-order chi connectivity index (χ0) is 15.1. The van der Waals surface area contributed by atoms with Crippen molar-refractivity contribution in [2.75, 3.05) is 0 Å². The fraction of sp³-hybridized carbons (Fsp3) is 0.412. The third kappa shape index (κ3) is 2.36. The second kappa shape index (κ2) is 5.15. The molecule has 3 heterocycles. The van der Waals surface area contributed by atoms with Crippen LogP contribution in [0.2, 0.25) is 0 Å². The van der Waals surface area contributed by atoms with E-state index in [2.05, 4.69) is 5.32 Å². The second-order valence-electron chi connectivity index (χ2n) is 6.11. The molecule has 2 saturated heterocycles. The number of hydrogen-bond donors (Lipinski definition) is 1. The summed E-state index contributed by atoms with van der Waals surface area (Å²) >= 11 is 0. The van der Waals surface area contributed by atoms with Crippen LogP contribution in [0, 0.1) is 11.3 Å². The predicted molar refractivity (Wildman–Crippen MR) is 80.8 cm³/mol. The molecule has 2 bridgehead atoms. The molecule has 0 aliphatic carbocycles. The van der Waals surface area contributed by atoms with Gasteiger partial charge in [-0.05, 0) is 43.9 Å². The molecule has 2 aliphatic heterocycles. The lowest BCUT2D eigenvalue weighted by molar-refractivity contribution is 0.137. The van der Waals surface area contributed by atoms with Crippen LogP contribution in [-0.2, 0) is 0 Å². The highest BCUT2D eigenvalue weighted by Gasteiger charge is 2.34. The van der Waals surface area contributed by atoms with Crippen LogP contribution in [0.5, 0.6) is 5.75 Å². The topological polar surface area (TPSA) is 75.3 Å². The van der Waals surface area contributed by atoms with Gasteiger partial charge in [0.25, 0.3) is 0 Å². The first-order chi connectivity index (χ1) is 10.7. The molecule has 2 fully saturated rings. The van der Waals surface area contributed by atoms with Crippen LogP contribution in [0.25, 0.3) is 11.0 Å². The summed E-state index contributed by atoms with van der Waals surface area (Å²) in [5.41, 5.74) is -0.124. The zero-order valence-electron chi connectivity index (χ0n) is 12.0. The van der Waals surface area contributed by atoms with Crippen molar-refractivity contribution >= 4 is 11.0 Å². The molecule has 1 N–H and O–H groups in total. The Bertz CT molecular complexity index is 809. The Kier molecular flexibility index (Phi) is 3.12. The minimum atomic E-state index is -0.605. The quantitative estimate of drug-likeness (QED) is 0.861. The van der Waals surface area contributed by atoms with Gasteiger partial charge in [-0.2, -0.15) is 5.26 Å². The Morgan fingerprint density at radius 2 is 2.00 bits per heavy atom. The zero-order valence-corrected chi connectivity index (χ0v) is 12.0. The van der Waals surface area contributed by atoms with E-state index in [1.165, 1.54) is 12.8 Å². The van der Waals surface area contributed by atoms with E-state index in [0.29, 0.717) is 23.4 Å². The van der Waals surface area contributed by atoms with Gasteiger partial charge < -0.3 is 14.5 Å². The molecule has 0 radical (unpaired) electrons. The normalized spacial score (nSPS) is 26.8. The highest BCUT2D eigenvalue weighted by molar-refractivity contribution is 5.79. The predicted octanol–water partition coefficient (Wildman–Crippen LogP) is 2.33. The van der Waals surface area contributed by atoms with E-state index in [1.807, 2.05) is 18.2 Å². The third-order valence-electron chi connectivity index (χ3n) is 4.56. The number of ether oxygens (including phenoxy) is 1. The monoisotopic (exact) mass is 296 g/mol. The first-order valence-electron chi connectivity index (χ1n) is 7.62. The third-order valence-corrected chi connectivity index (χ3v) is 4.56. The number of piperidine rings is 1. The molecule has 5 nitrogen and oxygen atoms in total. The van der Waals surface area contributed by atoms with Crippen molar-refractivity contribution in [1.82, 2.24) is 5.32 Å². The van der Waals surface area contributed by atoms with E-state index in [9.17, 15) is 4.79 Å². The summed E-state index contributed by atoms with van der Waals surface area (Å²) in [7, 11) is 0. The average Bonchev–Trinajstić information content (AvgIpc) is 2.85. The SMILES string of the molecule is N#Cc1cc2ccc(OC3CC4CCC(C3)N4)cc2oc1=O. The molecule has 0 spiro atoms. The highest BCUT2D eigenvalue weighted by Crippen LogP contribution is 2.30. The van der Waals surface area contributed by atoms with Crippen LogP contribution >= 0.6 is 0 Å². The molecule has 2 aromatic rings. The van der Waals surface area contributed by atoms with Gasteiger partial charge in [0.05, 0.1) is 0 Å². The van der Waals surface area contributed by atoms with Crippen molar-refractivity contribution in [3.63, 3.8) is 0 Å². The van der Waals surface area contributed by atoms with Crippen molar-refractivity contribution in [1.29, 1.82) is 5.26 Å². The number of benzene rings is 1. The van der Waals surface area contributed by atoms with E-state index in [-0.39, 0.29) is 11.7 Å². The minimum Gasteiger partial charge on any atom is -0.490 e. The molecule has 4 rings (SSSR count). The maximum absolute atomic E-state index is 11.6. The van der Waals surface area contributed by atoms with E-state index in [0.717, 1.165) is 18.2 Å². The molecule has 0 saturated carbocycles. The van der Waals surface area contributed by atoms with Crippen LogP contribution in [0.3, 0.4) is 0 Å². The molecule has 0 amide bonds. The van der Waals surface area contributed by atoms with E-state index in [4.69, 9.17) is 14.4 Å². The van der Waals surface area contributed by atoms with Gasteiger partial charge in [0.1, 0.15) is 29.1 Å². The second-order valence-corrected chi connectivity index (χ2v) is 6.11. The maximum Gasteiger partial charge on any atom is 0.354 e. The van der Waals surface area contributed by atoms with Crippen LogP contribution in [0.1, 0.15) is 31.2 Å². The summed E-state index contributed by atoms with van der Waals surface area (Å²) in [4.78, 5) is 11.6. The summed E-state index contributed by atoms with van der Waals surface area (Å²) in [5, 5.41) is 13.2. The molecular formula is C17H16N2O3. The smallest absolute Gasteiger partial charge is 0.354 e. The summed E-state index contributed by atoms with van der Waals surface area (Å²) in [5.74, 6) is 0.714. The summed E-state index contributed by atoms with van der Waals surface area (Å²) < 4.78 is 11.3. The lowest BCUT2D eigenvalue weighted by Crippen LogP contribution is -2.42. The molecule has 112 valence electrons. The number of rotatable bonds is 2. The fourth-order valence-electron chi connectivity index (χ4n) is 3.54. The van der Waals surface area contributed by atoms with Crippen molar-refractivity contribution in [2.45, 2.75) is 43.9 Å². The molecule has 1 aromatic carbocycles. The lowest BCUT2D eigenvalue weighted by atomic mass is 10.0. The van der Waals surface area contributed by atoms with Gasteiger partial charge in [-0.1, -0.05) is 0 Å². The largest absolute Gasteiger partial charge is 0.490 e. The van der Waals surface area contributed by atoms with Gasteiger partial charge in [0.2, 0.25) is 0 Å². The van der Waals surface area contributed by atoms with Crippen molar-refractivity contribution in [2.24, 2.45) is 0 Å². The Balaban J connectivity index is 1.60. The molecule has 2 aliphatic rings. The van der Waals surface area contributed by atoms with Crippen LogP contribution in [-0.4, -0.2) is 18.2 Å². The Morgan fingerprint density at radius 1 is 1.23 bits per heavy atom. The van der Waals surface area contributed by atoms with E-state index in [1.54, 1.807) is 12.1 Å². The Morgan fingerprint density at radius 3 is 2.73 bits per heavy atom. The summed E-state index contributed by atoms with van der Waals surface area (Å²) in [6.07, 6.45) is 4.71. The van der Waals surface area contributed by atoms with Crippen LogP contribution < -0.4 is 15.7 Å². The number of nitrogens with zero attached hydrogens (tertiary/aromatic N) is 1. The van der Waals surface area contributed by atoms with Gasteiger partial charge in [0, 0.05) is 23.5 Å². The van der Waals surface area contributed by atoms with Crippen LogP contribution in [0.15, 0.2) is 33.5 Å². The van der Waals surface area contributed by atoms with Gasteiger partial charge >= 0.3 is 5.63 Å². The van der Waals surface area contributed by atoms with Crippen molar-refractivity contribution in [3.8, 4) is 11.8 Å². The molecule has 2 unspecified atom stereocenters. The van der Waals surface area contributed by atoms with Gasteiger partial charge in [-0.25, -0.2) is 4.79 Å². The summed E-state index contributed by atoms with van der Waals surface area (Å²) in [6.45, 7) is 0. The number of nitriles is 1. The van der Waals surface area contributed by atoms with E-state index < -0.39 is 5.63 Å². The number of fused-ring (bicyclic) bond motifs is 3. The van der Waals surface area contributed by atoms with Gasteiger partial charge in [-0.3, -0.25) is 0 Å². The van der Waals surface area contributed by atoms with Gasteiger partial charge in [-0.15, -0.1) is 0 Å². The molecule has 5 heteroatoms. The molecule has 22 heavy (non-hydrogen) atoms. The molecule has 2 atom stereocenters. The number of hydrogen-bond acceptors (Lipinski definition) is 5. The maximum atomic E-state index is 11.6. The van der Waals surface area contributed by atoms with Gasteiger partial charge in [0.15, 0.2) is 0 Å².